The fourth-order valence-electron chi connectivity index (χ4n) is 4.39. The third-order valence-corrected chi connectivity index (χ3v) is 5.84. The van der Waals surface area contributed by atoms with Crippen molar-refractivity contribution in [3.05, 3.63) is 63.2 Å². The third kappa shape index (κ3) is 3.53. The summed E-state index contributed by atoms with van der Waals surface area (Å²) < 4.78 is 5.68. The number of piperidine rings is 1. The Hall–Kier alpha value is -3.06. The van der Waals surface area contributed by atoms with Gasteiger partial charge in [-0.1, -0.05) is 6.42 Å². The average molecular weight is 395 g/mol. The summed E-state index contributed by atoms with van der Waals surface area (Å²) in [6.07, 6.45) is 4.89. The van der Waals surface area contributed by atoms with E-state index in [9.17, 15) is 9.59 Å². The van der Waals surface area contributed by atoms with Crippen molar-refractivity contribution in [2.45, 2.75) is 38.8 Å². The molecule has 0 amide bonds. The molecule has 2 aromatic heterocycles. The number of aromatic amines is 2. The second-order valence-corrected chi connectivity index (χ2v) is 7.58. The van der Waals surface area contributed by atoms with Crippen LogP contribution in [0.3, 0.4) is 0 Å². The van der Waals surface area contributed by atoms with Crippen LogP contribution in [-0.4, -0.2) is 39.6 Å². The van der Waals surface area contributed by atoms with Crippen molar-refractivity contribution in [2.24, 2.45) is 0 Å². The summed E-state index contributed by atoms with van der Waals surface area (Å²) in [4.78, 5) is 31.9. The van der Waals surface area contributed by atoms with E-state index in [1.807, 2.05) is 12.3 Å². The van der Waals surface area contributed by atoms with Gasteiger partial charge in [0.05, 0.1) is 7.11 Å². The molecule has 29 heavy (non-hydrogen) atoms. The van der Waals surface area contributed by atoms with Crippen LogP contribution in [0.5, 0.6) is 5.75 Å². The van der Waals surface area contributed by atoms with E-state index in [-0.39, 0.29) is 17.3 Å². The predicted molar refractivity (Wildman–Crippen MR) is 111 cm³/mol. The Bertz CT molecular complexity index is 1110. The summed E-state index contributed by atoms with van der Waals surface area (Å²) >= 11 is 0. The van der Waals surface area contributed by atoms with Crippen LogP contribution in [-0.2, 0) is 6.54 Å². The SMILES string of the molecule is COc1cc(C)c2[nH]ccc2c1CN1CCCCC1c1ccc(C(=O)O)[nH]c1=O. The predicted octanol–water partition coefficient (Wildman–Crippen LogP) is 3.60. The van der Waals surface area contributed by atoms with Crippen molar-refractivity contribution in [1.29, 1.82) is 0 Å². The first-order valence-corrected chi connectivity index (χ1v) is 9.83. The normalized spacial score (nSPS) is 17.5. The minimum Gasteiger partial charge on any atom is -0.496 e. The molecule has 1 unspecified atom stereocenters. The molecule has 1 aromatic carbocycles. The summed E-state index contributed by atoms with van der Waals surface area (Å²) in [5.41, 5.74) is 3.52. The molecule has 0 aliphatic carbocycles. The molecule has 1 fully saturated rings. The topological polar surface area (TPSA) is 98.4 Å². The molecule has 1 saturated heterocycles. The summed E-state index contributed by atoms with van der Waals surface area (Å²) in [7, 11) is 1.68. The number of rotatable bonds is 5. The van der Waals surface area contributed by atoms with E-state index in [0.29, 0.717) is 12.1 Å². The van der Waals surface area contributed by atoms with Gasteiger partial charge in [-0.05, 0) is 56.1 Å². The van der Waals surface area contributed by atoms with E-state index in [0.717, 1.165) is 53.6 Å². The lowest BCUT2D eigenvalue weighted by Gasteiger charge is -2.36. The van der Waals surface area contributed by atoms with Gasteiger partial charge >= 0.3 is 5.97 Å². The zero-order valence-corrected chi connectivity index (χ0v) is 16.6. The van der Waals surface area contributed by atoms with Crippen LogP contribution in [0.4, 0.5) is 0 Å². The number of ether oxygens (including phenoxy) is 1. The number of carboxylic acids is 1. The number of carbonyl (C=O) groups is 1. The maximum atomic E-state index is 12.6. The molecule has 152 valence electrons. The molecule has 3 N–H and O–H groups in total. The Morgan fingerprint density at radius 1 is 1.31 bits per heavy atom. The molecule has 1 atom stereocenters. The van der Waals surface area contributed by atoms with Gasteiger partial charge in [-0.25, -0.2) is 4.79 Å². The largest absolute Gasteiger partial charge is 0.496 e. The minimum absolute atomic E-state index is 0.0599. The molecule has 1 aliphatic rings. The first kappa shape index (κ1) is 19.3. The van der Waals surface area contributed by atoms with Crippen LogP contribution in [0.1, 0.15) is 52.5 Å². The van der Waals surface area contributed by atoms with Gasteiger partial charge in [0.15, 0.2) is 0 Å². The van der Waals surface area contributed by atoms with Crippen molar-refractivity contribution in [3.63, 3.8) is 0 Å². The maximum absolute atomic E-state index is 12.6. The fourth-order valence-corrected chi connectivity index (χ4v) is 4.39. The van der Waals surface area contributed by atoms with Gasteiger partial charge in [0.1, 0.15) is 11.4 Å². The zero-order chi connectivity index (χ0) is 20.5. The molecule has 3 heterocycles. The number of carboxylic acid groups (broad SMARTS) is 1. The quantitative estimate of drug-likeness (QED) is 0.613. The maximum Gasteiger partial charge on any atom is 0.352 e. The molecule has 0 spiro atoms. The van der Waals surface area contributed by atoms with E-state index in [2.05, 4.69) is 27.9 Å². The number of methoxy groups -OCH3 is 1. The van der Waals surface area contributed by atoms with Crippen molar-refractivity contribution in [2.75, 3.05) is 13.7 Å². The van der Waals surface area contributed by atoms with Gasteiger partial charge in [0.25, 0.3) is 5.56 Å². The van der Waals surface area contributed by atoms with Crippen LogP contribution in [0.15, 0.2) is 35.3 Å². The zero-order valence-electron chi connectivity index (χ0n) is 16.6. The van der Waals surface area contributed by atoms with E-state index < -0.39 is 5.97 Å². The number of aryl methyl sites for hydroxylation is 1. The number of hydrogen-bond acceptors (Lipinski definition) is 4. The Morgan fingerprint density at radius 3 is 2.86 bits per heavy atom. The van der Waals surface area contributed by atoms with E-state index >= 15 is 0 Å². The van der Waals surface area contributed by atoms with Crippen molar-refractivity contribution in [1.82, 2.24) is 14.9 Å². The molecule has 1 aliphatic heterocycles. The number of aromatic nitrogens is 2. The van der Waals surface area contributed by atoms with Gasteiger partial charge in [-0.3, -0.25) is 9.69 Å². The van der Waals surface area contributed by atoms with Gasteiger partial charge < -0.3 is 19.8 Å². The highest BCUT2D eigenvalue weighted by Gasteiger charge is 2.28. The number of pyridine rings is 1. The van der Waals surface area contributed by atoms with Gasteiger partial charge in [0, 0.05) is 40.8 Å². The van der Waals surface area contributed by atoms with Gasteiger partial charge in [-0.15, -0.1) is 0 Å². The molecule has 7 nitrogen and oxygen atoms in total. The summed E-state index contributed by atoms with van der Waals surface area (Å²) in [6, 6.07) is 7.18. The number of hydrogen-bond donors (Lipinski definition) is 3. The summed E-state index contributed by atoms with van der Waals surface area (Å²) in [5, 5.41) is 10.2. The number of aromatic carboxylic acids is 1. The number of fused-ring (bicyclic) bond motifs is 1. The standard InChI is InChI=1S/C22H25N3O4/c1-13-11-19(29-2)16(14-8-9-23-20(13)14)12-25-10-4-3-5-18(25)15-6-7-17(22(27)28)24-21(15)26/h6-9,11,18,23H,3-5,10,12H2,1-2H3,(H,24,26)(H,27,28). The fraction of sp³-hybridized carbons (Fsp3) is 0.364. The van der Waals surface area contributed by atoms with Gasteiger partial charge in [-0.2, -0.15) is 0 Å². The molecule has 0 saturated carbocycles. The lowest BCUT2D eigenvalue weighted by Crippen LogP contribution is -2.36. The smallest absolute Gasteiger partial charge is 0.352 e. The lowest BCUT2D eigenvalue weighted by molar-refractivity contribution is 0.0690. The molecular formula is C22H25N3O4. The van der Waals surface area contributed by atoms with Crippen molar-refractivity contribution < 1.29 is 14.6 Å². The minimum atomic E-state index is -1.13. The Kier molecular flexibility index (Phi) is 5.15. The summed E-state index contributed by atoms with van der Waals surface area (Å²) in [6.45, 7) is 3.58. The molecule has 0 bridgehead atoms. The second kappa shape index (κ2) is 7.75. The van der Waals surface area contributed by atoms with Crippen LogP contribution >= 0.6 is 0 Å². The van der Waals surface area contributed by atoms with Crippen LogP contribution < -0.4 is 10.3 Å². The van der Waals surface area contributed by atoms with Crippen LogP contribution in [0.2, 0.25) is 0 Å². The number of nitrogens with one attached hydrogen (secondary N) is 2. The first-order valence-electron chi connectivity index (χ1n) is 9.83. The second-order valence-electron chi connectivity index (χ2n) is 7.58. The third-order valence-electron chi connectivity index (χ3n) is 5.84. The Labute approximate surface area is 168 Å². The molecule has 7 heteroatoms. The highest BCUT2D eigenvalue weighted by Crippen LogP contribution is 2.36. The lowest BCUT2D eigenvalue weighted by atomic mass is 9.94. The molecule has 3 aromatic rings. The van der Waals surface area contributed by atoms with E-state index in [4.69, 9.17) is 9.84 Å². The number of nitrogens with zero attached hydrogens (tertiary/aromatic N) is 1. The first-order chi connectivity index (χ1) is 14.0. The highest BCUT2D eigenvalue weighted by molar-refractivity contribution is 5.88. The average Bonchev–Trinajstić information content (AvgIpc) is 3.21. The molecular weight excluding hydrogens is 370 g/mol. The Morgan fingerprint density at radius 2 is 2.14 bits per heavy atom. The highest BCUT2D eigenvalue weighted by atomic mass is 16.5. The van der Waals surface area contributed by atoms with Gasteiger partial charge in [0.2, 0.25) is 0 Å². The van der Waals surface area contributed by atoms with Crippen molar-refractivity contribution >= 4 is 16.9 Å². The summed E-state index contributed by atoms with van der Waals surface area (Å²) in [5.74, 6) is -0.289. The number of benzene rings is 1. The number of likely N-dealkylation sites (tertiary alicyclic amines) is 1. The molecule has 0 radical (unpaired) electrons. The van der Waals surface area contributed by atoms with Crippen LogP contribution in [0.25, 0.3) is 10.9 Å². The van der Waals surface area contributed by atoms with Crippen LogP contribution in [0, 0.1) is 6.92 Å². The van der Waals surface area contributed by atoms with Crippen molar-refractivity contribution in [3.8, 4) is 5.75 Å². The molecule has 4 rings (SSSR count). The van der Waals surface area contributed by atoms with E-state index in [1.165, 1.54) is 6.07 Å². The number of H-pyrrole nitrogens is 2. The monoisotopic (exact) mass is 395 g/mol. The van der Waals surface area contributed by atoms with E-state index in [1.54, 1.807) is 13.2 Å². The Balaban J connectivity index is 1.72.